The van der Waals surface area contributed by atoms with Crippen LogP contribution >= 0.6 is 0 Å². The zero-order chi connectivity index (χ0) is 15.2. The number of hydrogen-bond acceptors (Lipinski definition) is 3. The van der Waals surface area contributed by atoms with Gasteiger partial charge in [0.25, 0.3) is 0 Å². The maximum atomic E-state index is 11.4. The first-order valence-electron chi connectivity index (χ1n) is 6.79. The molecule has 0 aromatic rings. The summed E-state index contributed by atoms with van der Waals surface area (Å²) in [7, 11) is 0. The van der Waals surface area contributed by atoms with Crippen LogP contribution in [0.15, 0.2) is 48.6 Å². The Bertz CT molecular complexity index is 437. The predicted octanol–water partition coefficient (Wildman–Crippen LogP) is 3.52. The molecular weight excluding hydrogens is 252 g/mol. The summed E-state index contributed by atoms with van der Waals surface area (Å²) in [6.45, 7) is 3.54. The molecule has 0 heterocycles. The number of ketones is 3. The largest absolute Gasteiger partial charge is 0.300 e. The summed E-state index contributed by atoms with van der Waals surface area (Å²) in [4.78, 5) is 33.4. The lowest BCUT2D eigenvalue weighted by atomic mass is 10.1. The van der Waals surface area contributed by atoms with Crippen LogP contribution in [0.4, 0.5) is 0 Å². The number of hydrogen-bond donors (Lipinski definition) is 0. The highest BCUT2D eigenvalue weighted by atomic mass is 16.2. The van der Waals surface area contributed by atoms with Crippen molar-refractivity contribution in [1.82, 2.24) is 0 Å². The molecular formula is C17H22O3. The summed E-state index contributed by atoms with van der Waals surface area (Å²) < 4.78 is 0. The molecule has 20 heavy (non-hydrogen) atoms. The van der Waals surface area contributed by atoms with E-state index in [2.05, 4.69) is 0 Å². The smallest absolute Gasteiger partial charge is 0.221 e. The lowest BCUT2D eigenvalue weighted by Gasteiger charge is -1.89. The normalized spacial score (nSPS) is 12.1. The molecule has 0 bridgehead atoms. The van der Waals surface area contributed by atoms with Crippen molar-refractivity contribution in [2.45, 2.75) is 39.5 Å². The van der Waals surface area contributed by atoms with E-state index in [4.69, 9.17) is 0 Å². The predicted molar refractivity (Wildman–Crippen MR) is 81.4 cm³/mol. The van der Waals surface area contributed by atoms with Gasteiger partial charge in [-0.15, -0.1) is 0 Å². The number of carbonyl (C=O) groups excluding carboxylic acids is 3. The van der Waals surface area contributed by atoms with Crippen LogP contribution < -0.4 is 0 Å². The number of unbranched alkanes of at least 4 members (excludes halogenated alkanes) is 1. The number of carbonyl (C=O) groups is 3. The van der Waals surface area contributed by atoms with Gasteiger partial charge >= 0.3 is 0 Å². The average molecular weight is 274 g/mol. The zero-order valence-corrected chi connectivity index (χ0v) is 12.2. The molecule has 0 aliphatic rings. The van der Waals surface area contributed by atoms with E-state index in [-0.39, 0.29) is 12.2 Å². The Balaban J connectivity index is 3.97. The topological polar surface area (TPSA) is 51.2 Å². The van der Waals surface area contributed by atoms with E-state index < -0.39 is 11.6 Å². The fraction of sp³-hybridized carbons (Fsp3) is 0.353. The third-order valence-electron chi connectivity index (χ3n) is 2.31. The molecule has 0 spiro atoms. The van der Waals surface area contributed by atoms with Gasteiger partial charge in [-0.05, 0) is 19.4 Å². The van der Waals surface area contributed by atoms with Crippen molar-refractivity contribution in [3.8, 4) is 0 Å². The van der Waals surface area contributed by atoms with Crippen LogP contribution in [0.1, 0.15) is 39.5 Å². The molecule has 3 heteroatoms. The minimum Gasteiger partial charge on any atom is -0.300 e. The molecule has 0 aliphatic carbocycles. The molecule has 0 unspecified atom stereocenters. The summed E-state index contributed by atoms with van der Waals surface area (Å²) in [5, 5.41) is 0. The van der Waals surface area contributed by atoms with Crippen molar-refractivity contribution in [1.29, 1.82) is 0 Å². The highest BCUT2D eigenvalue weighted by molar-refractivity contribution is 6.41. The molecule has 3 nitrogen and oxygen atoms in total. The molecule has 0 aliphatic heterocycles. The lowest BCUT2D eigenvalue weighted by molar-refractivity contribution is -0.133. The van der Waals surface area contributed by atoms with E-state index in [1.807, 2.05) is 6.92 Å². The Labute approximate surface area is 120 Å². The van der Waals surface area contributed by atoms with E-state index in [0.717, 1.165) is 12.8 Å². The molecule has 0 atom stereocenters. The van der Waals surface area contributed by atoms with Gasteiger partial charge in [0, 0.05) is 12.8 Å². The van der Waals surface area contributed by atoms with Crippen LogP contribution in [0.5, 0.6) is 0 Å². The second-order valence-corrected chi connectivity index (χ2v) is 4.33. The van der Waals surface area contributed by atoms with E-state index >= 15 is 0 Å². The van der Waals surface area contributed by atoms with E-state index in [1.54, 1.807) is 42.5 Å². The van der Waals surface area contributed by atoms with E-state index in [1.165, 1.54) is 13.0 Å². The van der Waals surface area contributed by atoms with Crippen molar-refractivity contribution in [3.05, 3.63) is 48.6 Å². The summed E-state index contributed by atoms with van der Waals surface area (Å²) in [5.41, 5.74) is 0. The molecule has 0 aromatic heterocycles. The van der Waals surface area contributed by atoms with Crippen molar-refractivity contribution in [3.63, 3.8) is 0 Å². The number of rotatable bonds is 10. The first-order valence-corrected chi connectivity index (χ1v) is 6.79. The number of Topliss-reactive ketones (excluding diaryl/α,β-unsaturated/α-hetero) is 2. The SMILES string of the molecule is CCCC=CC(=O)C(=O)CC=CC=CC=CCC(C)=O. The maximum absolute atomic E-state index is 11.4. The third-order valence-corrected chi connectivity index (χ3v) is 2.31. The van der Waals surface area contributed by atoms with Gasteiger partial charge in [-0.2, -0.15) is 0 Å². The van der Waals surface area contributed by atoms with Gasteiger partial charge in [0.1, 0.15) is 5.78 Å². The van der Waals surface area contributed by atoms with Crippen molar-refractivity contribution in [2.24, 2.45) is 0 Å². The highest BCUT2D eigenvalue weighted by Crippen LogP contribution is 1.94. The van der Waals surface area contributed by atoms with Gasteiger partial charge in [-0.1, -0.05) is 55.9 Å². The Morgan fingerprint density at radius 3 is 2.00 bits per heavy atom. The summed E-state index contributed by atoms with van der Waals surface area (Å²) >= 11 is 0. The Morgan fingerprint density at radius 2 is 1.45 bits per heavy atom. The first-order chi connectivity index (χ1) is 9.57. The molecule has 0 aromatic carbocycles. The quantitative estimate of drug-likeness (QED) is 0.348. The second kappa shape index (κ2) is 12.0. The molecule has 0 saturated heterocycles. The van der Waals surface area contributed by atoms with Gasteiger partial charge in [-0.3, -0.25) is 14.4 Å². The standard InChI is InChI=1S/C17H22O3/c1-3-4-9-13-16(19)17(20)14-11-8-6-5-7-10-12-15(2)18/h5-11,13H,3-4,12,14H2,1-2H3. The van der Waals surface area contributed by atoms with Crippen LogP contribution in [0.25, 0.3) is 0 Å². The zero-order valence-electron chi connectivity index (χ0n) is 12.2. The van der Waals surface area contributed by atoms with Gasteiger partial charge in [0.05, 0.1) is 0 Å². The Hall–Kier alpha value is -2.03. The maximum Gasteiger partial charge on any atom is 0.221 e. The monoisotopic (exact) mass is 274 g/mol. The van der Waals surface area contributed by atoms with Crippen LogP contribution in [-0.4, -0.2) is 17.3 Å². The fourth-order valence-electron chi connectivity index (χ4n) is 1.25. The van der Waals surface area contributed by atoms with E-state index in [0.29, 0.717) is 6.42 Å². The van der Waals surface area contributed by atoms with Gasteiger partial charge in [0.15, 0.2) is 0 Å². The van der Waals surface area contributed by atoms with E-state index in [9.17, 15) is 14.4 Å². The van der Waals surface area contributed by atoms with Crippen LogP contribution in [0.3, 0.4) is 0 Å². The fourth-order valence-corrected chi connectivity index (χ4v) is 1.25. The molecule has 108 valence electrons. The molecule has 0 saturated carbocycles. The van der Waals surface area contributed by atoms with Gasteiger partial charge in [-0.25, -0.2) is 0 Å². The van der Waals surface area contributed by atoms with Crippen LogP contribution in [-0.2, 0) is 14.4 Å². The molecule has 0 amide bonds. The van der Waals surface area contributed by atoms with Crippen molar-refractivity contribution >= 4 is 17.3 Å². The molecule has 0 N–H and O–H groups in total. The van der Waals surface area contributed by atoms with Gasteiger partial charge in [0.2, 0.25) is 11.6 Å². The minimum atomic E-state index is -0.451. The van der Waals surface area contributed by atoms with Gasteiger partial charge < -0.3 is 0 Å². The first kappa shape index (κ1) is 18.0. The Kier molecular flexibility index (Phi) is 10.8. The van der Waals surface area contributed by atoms with Crippen molar-refractivity contribution < 1.29 is 14.4 Å². The summed E-state index contributed by atoms with van der Waals surface area (Å²) in [6.07, 6.45) is 15.8. The number of allylic oxidation sites excluding steroid dienone is 8. The molecule has 0 rings (SSSR count). The second-order valence-electron chi connectivity index (χ2n) is 4.33. The third kappa shape index (κ3) is 11.1. The minimum absolute atomic E-state index is 0.108. The summed E-state index contributed by atoms with van der Waals surface area (Å²) in [5.74, 6) is -0.743. The molecule has 0 fully saturated rings. The lowest BCUT2D eigenvalue weighted by Crippen LogP contribution is -2.09. The Morgan fingerprint density at radius 1 is 0.850 bits per heavy atom. The highest BCUT2D eigenvalue weighted by Gasteiger charge is 2.06. The van der Waals surface area contributed by atoms with Crippen molar-refractivity contribution in [2.75, 3.05) is 0 Å². The molecule has 0 radical (unpaired) electrons. The van der Waals surface area contributed by atoms with Crippen LogP contribution in [0.2, 0.25) is 0 Å². The van der Waals surface area contributed by atoms with Crippen LogP contribution in [0, 0.1) is 0 Å². The average Bonchev–Trinajstić information content (AvgIpc) is 2.41. The summed E-state index contributed by atoms with van der Waals surface area (Å²) in [6, 6.07) is 0.